The van der Waals surface area contributed by atoms with E-state index >= 15 is 0 Å². The molecule has 0 radical (unpaired) electrons. The largest absolute Gasteiger partial charge is 0.372 e. The lowest BCUT2D eigenvalue weighted by Gasteiger charge is -2.32. The molecular weight excluding hydrogens is 302 g/mol. The summed E-state index contributed by atoms with van der Waals surface area (Å²) in [5.74, 6) is 1.23. The van der Waals surface area contributed by atoms with Crippen LogP contribution in [0, 0.1) is 5.92 Å². The van der Waals surface area contributed by atoms with Gasteiger partial charge in [-0.2, -0.15) is 5.10 Å². The number of H-pyrrole nitrogens is 1. The number of anilines is 1. The van der Waals surface area contributed by atoms with Crippen molar-refractivity contribution in [2.75, 3.05) is 18.5 Å². The number of para-hydroxylation sites is 2. The van der Waals surface area contributed by atoms with Crippen molar-refractivity contribution in [2.45, 2.75) is 32.4 Å². The van der Waals surface area contributed by atoms with Crippen LogP contribution in [-0.4, -0.2) is 32.9 Å². The van der Waals surface area contributed by atoms with E-state index in [9.17, 15) is 0 Å². The molecule has 0 unspecified atom stereocenters. The number of aryl methyl sites for hydroxylation is 1. The summed E-state index contributed by atoms with van der Waals surface area (Å²) < 4.78 is 8.13. The molecule has 2 aromatic heterocycles. The van der Waals surface area contributed by atoms with E-state index < -0.39 is 0 Å². The summed E-state index contributed by atoms with van der Waals surface area (Å²) in [7, 11) is 0. The second-order valence-corrected chi connectivity index (χ2v) is 6.25. The molecule has 0 saturated carbocycles. The van der Waals surface area contributed by atoms with Gasteiger partial charge in [0.15, 0.2) is 0 Å². The number of aromatic amines is 1. The third-order valence-corrected chi connectivity index (χ3v) is 4.71. The zero-order valence-corrected chi connectivity index (χ0v) is 13.9. The number of imidazole rings is 1. The predicted molar refractivity (Wildman–Crippen MR) is 93.9 cm³/mol. The van der Waals surface area contributed by atoms with Crippen LogP contribution in [0.25, 0.3) is 11.0 Å². The minimum absolute atomic E-state index is 0.0954. The second kappa shape index (κ2) is 6.65. The lowest BCUT2D eigenvalue weighted by atomic mass is 9.92. The van der Waals surface area contributed by atoms with Crippen LogP contribution < -0.4 is 5.32 Å². The molecule has 0 bridgehead atoms. The summed E-state index contributed by atoms with van der Waals surface area (Å²) in [6, 6.07) is 10.2. The number of nitrogens with one attached hydrogen (secondary N) is 2. The third kappa shape index (κ3) is 2.89. The van der Waals surface area contributed by atoms with E-state index in [4.69, 9.17) is 4.74 Å². The van der Waals surface area contributed by atoms with Gasteiger partial charge in [0, 0.05) is 31.8 Å². The van der Waals surface area contributed by atoms with Gasteiger partial charge in [-0.25, -0.2) is 4.98 Å². The zero-order chi connectivity index (χ0) is 16.4. The lowest BCUT2D eigenvalue weighted by Crippen LogP contribution is -2.30. The van der Waals surface area contributed by atoms with Crippen molar-refractivity contribution < 1.29 is 4.74 Å². The number of ether oxygens (including phenoxy) is 1. The van der Waals surface area contributed by atoms with Crippen molar-refractivity contribution in [3.63, 3.8) is 0 Å². The average Bonchev–Trinajstić information content (AvgIpc) is 3.26. The Balaban J connectivity index is 1.49. The molecule has 1 fully saturated rings. The van der Waals surface area contributed by atoms with Crippen LogP contribution in [0.5, 0.6) is 0 Å². The van der Waals surface area contributed by atoms with Crippen molar-refractivity contribution in [2.24, 2.45) is 5.92 Å². The molecule has 6 nitrogen and oxygen atoms in total. The number of aromatic nitrogens is 4. The van der Waals surface area contributed by atoms with Crippen molar-refractivity contribution in [3.8, 4) is 0 Å². The minimum atomic E-state index is 0.0954. The fourth-order valence-corrected chi connectivity index (χ4v) is 3.49. The molecule has 3 heterocycles. The van der Waals surface area contributed by atoms with Gasteiger partial charge in [-0.05, 0) is 38.0 Å². The molecule has 4 rings (SSSR count). The van der Waals surface area contributed by atoms with E-state index in [1.807, 2.05) is 35.1 Å². The van der Waals surface area contributed by atoms with Crippen LogP contribution in [0.4, 0.5) is 5.95 Å². The first-order chi connectivity index (χ1) is 11.8. The van der Waals surface area contributed by atoms with Crippen molar-refractivity contribution in [1.82, 2.24) is 19.7 Å². The Morgan fingerprint density at radius 3 is 3.12 bits per heavy atom. The summed E-state index contributed by atoms with van der Waals surface area (Å²) in [6.07, 6.45) is 4.20. The molecule has 1 saturated heterocycles. The first kappa shape index (κ1) is 15.2. The maximum Gasteiger partial charge on any atom is 0.201 e. The third-order valence-electron chi connectivity index (χ3n) is 4.71. The highest BCUT2D eigenvalue weighted by Gasteiger charge is 2.29. The van der Waals surface area contributed by atoms with Crippen LogP contribution in [0.1, 0.15) is 31.6 Å². The fraction of sp³-hybridized carbons (Fsp3) is 0.444. The normalized spacial score (nSPS) is 21.2. The smallest absolute Gasteiger partial charge is 0.201 e. The molecule has 1 aromatic carbocycles. The molecule has 1 aliphatic heterocycles. The van der Waals surface area contributed by atoms with E-state index in [0.29, 0.717) is 5.92 Å². The topological polar surface area (TPSA) is 67.8 Å². The van der Waals surface area contributed by atoms with Gasteiger partial charge in [-0.1, -0.05) is 12.1 Å². The van der Waals surface area contributed by atoms with Gasteiger partial charge in [-0.15, -0.1) is 0 Å². The monoisotopic (exact) mass is 325 g/mol. The first-order valence-corrected chi connectivity index (χ1v) is 8.67. The Morgan fingerprint density at radius 1 is 1.33 bits per heavy atom. The molecule has 24 heavy (non-hydrogen) atoms. The number of fused-ring (bicyclic) bond motifs is 1. The van der Waals surface area contributed by atoms with Gasteiger partial charge < -0.3 is 15.0 Å². The van der Waals surface area contributed by atoms with E-state index in [1.54, 1.807) is 0 Å². The highest BCUT2D eigenvalue weighted by molar-refractivity contribution is 5.77. The molecule has 1 aliphatic rings. The van der Waals surface area contributed by atoms with E-state index in [1.165, 1.54) is 5.69 Å². The van der Waals surface area contributed by atoms with Crippen LogP contribution in [0.2, 0.25) is 0 Å². The van der Waals surface area contributed by atoms with Gasteiger partial charge in [0.05, 0.1) is 16.7 Å². The maximum absolute atomic E-state index is 6.09. The molecule has 2 atom stereocenters. The van der Waals surface area contributed by atoms with Crippen molar-refractivity contribution in [3.05, 3.63) is 42.2 Å². The Hall–Kier alpha value is -2.34. The molecule has 6 heteroatoms. The van der Waals surface area contributed by atoms with Gasteiger partial charge in [0.2, 0.25) is 5.95 Å². The van der Waals surface area contributed by atoms with E-state index in [-0.39, 0.29) is 6.10 Å². The Labute approximate surface area is 141 Å². The summed E-state index contributed by atoms with van der Waals surface area (Å²) in [6.45, 7) is 4.63. The molecule has 0 aliphatic carbocycles. The quantitative estimate of drug-likeness (QED) is 0.755. The minimum Gasteiger partial charge on any atom is -0.372 e. The number of hydrogen-bond donors (Lipinski definition) is 2. The molecule has 2 N–H and O–H groups in total. The molecule has 0 amide bonds. The lowest BCUT2D eigenvalue weighted by molar-refractivity contribution is -0.0288. The summed E-state index contributed by atoms with van der Waals surface area (Å²) in [5.41, 5.74) is 3.22. The van der Waals surface area contributed by atoms with Crippen LogP contribution in [0.15, 0.2) is 36.5 Å². The van der Waals surface area contributed by atoms with E-state index in [2.05, 4.69) is 33.4 Å². The molecule has 126 valence electrons. The molecule has 3 aromatic rings. The number of hydrogen-bond acceptors (Lipinski definition) is 4. The number of rotatable bonds is 5. The Kier molecular flexibility index (Phi) is 4.21. The Bertz CT molecular complexity index is 775. The van der Waals surface area contributed by atoms with Crippen molar-refractivity contribution in [1.29, 1.82) is 0 Å². The summed E-state index contributed by atoms with van der Waals surface area (Å²) in [5, 5.41) is 7.85. The highest BCUT2D eigenvalue weighted by atomic mass is 16.5. The predicted octanol–water partition coefficient (Wildman–Crippen LogP) is 3.36. The standard InChI is InChI=1S/C18H23N5O/c1-2-23-16(9-10-20-23)17-13(6-5-11-24-17)12-19-18-21-14-7-3-4-8-15(14)22-18/h3-4,7-10,13,17H,2,5-6,11-12H2,1H3,(H2,19,21,22)/t13-,17+/m0/s1. The maximum atomic E-state index is 6.09. The van der Waals surface area contributed by atoms with Crippen LogP contribution >= 0.6 is 0 Å². The zero-order valence-electron chi connectivity index (χ0n) is 13.9. The summed E-state index contributed by atoms with van der Waals surface area (Å²) >= 11 is 0. The Morgan fingerprint density at radius 2 is 2.25 bits per heavy atom. The molecular formula is C18H23N5O. The highest BCUT2D eigenvalue weighted by Crippen LogP contribution is 2.33. The fourth-order valence-electron chi connectivity index (χ4n) is 3.49. The van der Waals surface area contributed by atoms with Gasteiger partial charge >= 0.3 is 0 Å². The average molecular weight is 325 g/mol. The second-order valence-electron chi connectivity index (χ2n) is 6.25. The van der Waals surface area contributed by atoms with Gasteiger partial charge in [-0.3, -0.25) is 4.68 Å². The molecule has 0 spiro atoms. The van der Waals surface area contributed by atoms with Crippen LogP contribution in [-0.2, 0) is 11.3 Å². The summed E-state index contributed by atoms with van der Waals surface area (Å²) in [4.78, 5) is 7.92. The van der Waals surface area contributed by atoms with Gasteiger partial charge in [0.25, 0.3) is 0 Å². The number of benzene rings is 1. The van der Waals surface area contributed by atoms with Crippen LogP contribution in [0.3, 0.4) is 0 Å². The SMILES string of the molecule is CCn1nccc1[C@@H]1OCCC[C@H]1CNc1nc2ccccc2[nH]1. The van der Waals surface area contributed by atoms with Gasteiger partial charge in [0.1, 0.15) is 6.10 Å². The first-order valence-electron chi connectivity index (χ1n) is 8.67. The number of nitrogens with zero attached hydrogens (tertiary/aromatic N) is 3. The van der Waals surface area contributed by atoms with Crippen molar-refractivity contribution >= 4 is 17.0 Å². The van der Waals surface area contributed by atoms with E-state index in [0.717, 1.165) is 49.5 Å².